The molecule has 0 saturated carbocycles. The van der Waals surface area contributed by atoms with Gasteiger partial charge in [-0.05, 0) is 36.4 Å². The van der Waals surface area contributed by atoms with Crippen molar-refractivity contribution in [1.29, 1.82) is 0 Å². The number of hydrogen-bond donors (Lipinski definition) is 2. The summed E-state index contributed by atoms with van der Waals surface area (Å²) in [6.07, 6.45) is 1.82. The van der Waals surface area contributed by atoms with Crippen molar-refractivity contribution in [3.8, 4) is 0 Å². The Morgan fingerprint density at radius 2 is 2.00 bits per heavy atom. The van der Waals surface area contributed by atoms with E-state index in [-0.39, 0.29) is 5.91 Å². The third-order valence-electron chi connectivity index (χ3n) is 2.21. The highest BCUT2D eigenvalue weighted by atomic mass is 35.5. The van der Waals surface area contributed by atoms with E-state index >= 15 is 0 Å². The van der Waals surface area contributed by atoms with Gasteiger partial charge in [-0.1, -0.05) is 11.6 Å². The van der Waals surface area contributed by atoms with Gasteiger partial charge in [-0.25, -0.2) is 0 Å². The lowest BCUT2D eigenvalue weighted by atomic mass is 10.2. The highest BCUT2D eigenvalue weighted by Crippen LogP contribution is 2.09. The van der Waals surface area contributed by atoms with Crippen LogP contribution in [0.1, 0.15) is 16.1 Å². The number of nitrogens with one attached hydrogen (secondary N) is 2. The fourth-order valence-electron chi connectivity index (χ4n) is 1.36. The molecule has 0 fully saturated rings. The molecule has 0 aliphatic carbocycles. The van der Waals surface area contributed by atoms with E-state index in [2.05, 4.69) is 10.3 Å². The number of hydrogen-bond acceptors (Lipinski definition) is 1. The predicted molar refractivity (Wildman–Crippen MR) is 63.4 cm³/mol. The van der Waals surface area contributed by atoms with Gasteiger partial charge in [0.1, 0.15) is 0 Å². The minimum atomic E-state index is -0.105. The van der Waals surface area contributed by atoms with Gasteiger partial charge < -0.3 is 10.3 Å². The van der Waals surface area contributed by atoms with Gasteiger partial charge in [-0.3, -0.25) is 4.79 Å². The second kappa shape index (κ2) is 4.86. The largest absolute Gasteiger partial charge is 0.364 e. The maximum atomic E-state index is 11.7. The molecule has 16 heavy (non-hydrogen) atoms. The molecule has 0 atom stereocenters. The third kappa shape index (κ3) is 2.64. The molecule has 2 rings (SSSR count). The zero-order valence-corrected chi connectivity index (χ0v) is 9.29. The average molecular weight is 235 g/mol. The summed E-state index contributed by atoms with van der Waals surface area (Å²) in [5.74, 6) is -0.105. The van der Waals surface area contributed by atoms with Gasteiger partial charge in [0.05, 0.1) is 6.54 Å². The topological polar surface area (TPSA) is 44.9 Å². The number of rotatable bonds is 3. The molecule has 0 unspecified atom stereocenters. The van der Waals surface area contributed by atoms with Gasteiger partial charge >= 0.3 is 0 Å². The fraction of sp³-hybridized carbons (Fsp3) is 0.0833. The molecule has 4 heteroatoms. The molecule has 1 aromatic carbocycles. The van der Waals surface area contributed by atoms with Crippen LogP contribution in [0.3, 0.4) is 0 Å². The van der Waals surface area contributed by atoms with Gasteiger partial charge in [-0.15, -0.1) is 0 Å². The lowest BCUT2D eigenvalue weighted by molar-refractivity contribution is 0.0950. The first-order valence-corrected chi connectivity index (χ1v) is 5.29. The van der Waals surface area contributed by atoms with Crippen molar-refractivity contribution in [1.82, 2.24) is 10.3 Å². The number of carbonyl (C=O) groups excluding carboxylic acids is 1. The molecule has 0 bridgehead atoms. The number of H-pyrrole nitrogens is 1. The summed E-state index contributed by atoms with van der Waals surface area (Å²) in [5, 5.41) is 3.43. The second-order valence-electron chi connectivity index (χ2n) is 3.38. The Balaban J connectivity index is 1.95. The number of amides is 1. The molecule has 0 radical (unpaired) electrons. The monoisotopic (exact) mass is 234 g/mol. The van der Waals surface area contributed by atoms with Crippen LogP contribution in [0.15, 0.2) is 42.6 Å². The fourth-order valence-corrected chi connectivity index (χ4v) is 1.48. The van der Waals surface area contributed by atoms with Crippen LogP contribution < -0.4 is 5.32 Å². The standard InChI is InChI=1S/C12H11ClN2O/c13-10-5-3-9(4-6-10)12(16)15-8-11-2-1-7-14-11/h1-7,14H,8H2,(H,15,16). The number of benzene rings is 1. The first-order valence-electron chi connectivity index (χ1n) is 4.92. The van der Waals surface area contributed by atoms with E-state index < -0.39 is 0 Å². The molecule has 2 N–H and O–H groups in total. The quantitative estimate of drug-likeness (QED) is 0.843. The van der Waals surface area contributed by atoms with E-state index in [0.717, 1.165) is 5.69 Å². The minimum Gasteiger partial charge on any atom is -0.364 e. The van der Waals surface area contributed by atoms with E-state index in [9.17, 15) is 4.79 Å². The Morgan fingerprint density at radius 1 is 1.25 bits per heavy atom. The molecule has 82 valence electrons. The maximum absolute atomic E-state index is 11.7. The van der Waals surface area contributed by atoms with E-state index in [1.165, 1.54) is 0 Å². The molecule has 0 aliphatic heterocycles. The normalized spacial score (nSPS) is 10.1. The van der Waals surface area contributed by atoms with Crippen LogP contribution in [-0.2, 0) is 6.54 Å². The third-order valence-corrected chi connectivity index (χ3v) is 2.46. The van der Waals surface area contributed by atoms with Crippen molar-refractivity contribution in [3.63, 3.8) is 0 Å². The van der Waals surface area contributed by atoms with Gasteiger partial charge in [0.25, 0.3) is 5.91 Å². The molecule has 2 aromatic rings. The molecular weight excluding hydrogens is 224 g/mol. The Hall–Kier alpha value is -1.74. The highest BCUT2D eigenvalue weighted by Gasteiger charge is 2.04. The van der Waals surface area contributed by atoms with Crippen molar-refractivity contribution in [3.05, 3.63) is 58.9 Å². The van der Waals surface area contributed by atoms with Crippen LogP contribution in [0.5, 0.6) is 0 Å². The SMILES string of the molecule is O=C(NCc1ccc[nH]1)c1ccc(Cl)cc1. The predicted octanol–water partition coefficient (Wildman–Crippen LogP) is 2.60. The van der Waals surface area contributed by atoms with Gasteiger partial charge in [0.2, 0.25) is 0 Å². The van der Waals surface area contributed by atoms with Gasteiger partial charge in [0.15, 0.2) is 0 Å². The number of aromatic nitrogens is 1. The van der Waals surface area contributed by atoms with Crippen LogP contribution in [0.25, 0.3) is 0 Å². The van der Waals surface area contributed by atoms with Crippen LogP contribution in [0.2, 0.25) is 5.02 Å². The summed E-state index contributed by atoms with van der Waals surface area (Å²) in [4.78, 5) is 14.7. The molecule has 0 spiro atoms. The van der Waals surface area contributed by atoms with Crippen molar-refractivity contribution in [2.24, 2.45) is 0 Å². The molecular formula is C12H11ClN2O. The number of aromatic amines is 1. The Kier molecular flexibility index (Phi) is 3.27. The van der Waals surface area contributed by atoms with E-state index in [1.54, 1.807) is 24.3 Å². The summed E-state index contributed by atoms with van der Waals surface area (Å²) < 4.78 is 0. The summed E-state index contributed by atoms with van der Waals surface area (Å²) in [6, 6.07) is 10.6. The zero-order valence-electron chi connectivity index (χ0n) is 8.53. The highest BCUT2D eigenvalue weighted by molar-refractivity contribution is 6.30. The summed E-state index contributed by atoms with van der Waals surface area (Å²) in [7, 11) is 0. The summed E-state index contributed by atoms with van der Waals surface area (Å²) in [5.41, 5.74) is 1.58. The number of halogens is 1. The molecule has 3 nitrogen and oxygen atoms in total. The van der Waals surface area contributed by atoms with Crippen molar-refractivity contribution >= 4 is 17.5 Å². The zero-order chi connectivity index (χ0) is 11.4. The Bertz CT molecular complexity index is 462. The van der Waals surface area contributed by atoms with Crippen molar-refractivity contribution < 1.29 is 4.79 Å². The summed E-state index contributed by atoms with van der Waals surface area (Å²) >= 11 is 5.74. The van der Waals surface area contributed by atoms with Crippen LogP contribution in [0, 0.1) is 0 Å². The van der Waals surface area contributed by atoms with Crippen LogP contribution in [0.4, 0.5) is 0 Å². The first kappa shape index (κ1) is 10.8. The van der Waals surface area contributed by atoms with Crippen molar-refractivity contribution in [2.45, 2.75) is 6.54 Å². The van der Waals surface area contributed by atoms with E-state index in [1.807, 2.05) is 18.3 Å². The smallest absolute Gasteiger partial charge is 0.251 e. The molecule has 1 aromatic heterocycles. The lowest BCUT2D eigenvalue weighted by Gasteiger charge is -2.03. The first-order chi connectivity index (χ1) is 7.75. The van der Waals surface area contributed by atoms with E-state index in [4.69, 9.17) is 11.6 Å². The summed E-state index contributed by atoms with van der Waals surface area (Å²) in [6.45, 7) is 0.495. The maximum Gasteiger partial charge on any atom is 0.251 e. The lowest BCUT2D eigenvalue weighted by Crippen LogP contribution is -2.22. The van der Waals surface area contributed by atoms with E-state index in [0.29, 0.717) is 17.1 Å². The van der Waals surface area contributed by atoms with Gasteiger partial charge in [-0.2, -0.15) is 0 Å². The molecule has 1 amide bonds. The van der Waals surface area contributed by atoms with Crippen molar-refractivity contribution in [2.75, 3.05) is 0 Å². The van der Waals surface area contributed by atoms with Gasteiger partial charge in [0, 0.05) is 22.5 Å². The average Bonchev–Trinajstić information content (AvgIpc) is 2.80. The van der Waals surface area contributed by atoms with Crippen LogP contribution >= 0.6 is 11.6 Å². The Morgan fingerprint density at radius 3 is 2.62 bits per heavy atom. The molecule has 0 saturated heterocycles. The molecule has 1 heterocycles. The second-order valence-corrected chi connectivity index (χ2v) is 3.82. The minimum absolute atomic E-state index is 0.105. The number of carbonyl (C=O) groups is 1. The Labute approximate surface area is 98.4 Å². The van der Waals surface area contributed by atoms with Crippen LogP contribution in [-0.4, -0.2) is 10.9 Å². The molecule has 0 aliphatic rings.